The first kappa shape index (κ1) is 21.3. The summed E-state index contributed by atoms with van der Waals surface area (Å²) >= 11 is 0. The van der Waals surface area contributed by atoms with Gasteiger partial charge in [-0.3, -0.25) is 9.69 Å². The number of benzene rings is 2. The molecule has 1 aliphatic rings. The van der Waals surface area contributed by atoms with Crippen molar-refractivity contribution < 1.29 is 13.6 Å². The van der Waals surface area contributed by atoms with Gasteiger partial charge in [0.05, 0.1) is 5.69 Å². The summed E-state index contributed by atoms with van der Waals surface area (Å²) in [4.78, 5) is 21.4. The number of anilines is 1. The van der Waals surface area contributed by atoms with E-state index in [2.05, 4.69) is 20.1 Å². The Kier molecular flexibility index (Phi) is 6.51. The lowest BCUT2D eigenvalue weighted by molar-refractivity contribution is 0.0951. The van der Waals surface area contributed by atoms with Gasteiger partial charge in [-0.15, -0.1) is 0 Å². The number of oxazole rings is 1. The average Bonchev–Trinajstić information content (AvgIpc) is 3.21. The molecule has 1 saturated heterocycles. The highest BCUT2D eigenvalue weighted by molar-refractivity contribution is 5.97. The molecule has 3 aromatic rings. The molecule has 1 N–H and O–H groups in total. The first-order chi connectivity index (χ1) is 15.0. The summed E-state index contributed by atoms with van der Waals surface area (Å²) in [7, 11) is 0. The van der Waals surface area contributed by atoms with Crippen molar-refractivity contribution in [3.8, 4) is 0 Å². The zero-order chi connectivity index (χ0) is 21.8. The van der Waals surface area contributed by atoms with Crippen LogP contribution in [0.15, 0.2) is 46.9 Å². The number of para-hydroxylation sites is 1. The number of amides is 1. The predicted octanol–water partition coefficient (Wildman–Crippen LogP) is 4.03. The van der Waals surface area contributed by atoms with Crippen molar-refractivity contribution in [3.05, 3.63) is 59.7 Å². The summed E-state index contributed by atoms with van der Waals surface area (Å²) in [6, 6.07) is 12.3. The van der Waals surface area contributed by atoms with E-state index in [1.807, 2.05) is 32.0 Å². The van der Waals surface area contributed by atoms with Crippen LogP contribution in [0.1, 0.15) is 42.4 Å². The summed E-state index contributed by atoms with van der Waals surface area (Å²) in [6.45, 7) is 8.97. The fourth-order valence-corrected chi connectivity index (χ4v) is 3.86. The molecule has 0 aliphatic carbocycles. The highest BCUT2D eigenvalue weighted by Gasteiger charge is 2.19. The van der Waals surface area contributed by atoms with Gasteiger partial charge in [-0.05, 0) is 43.3 Å². The Morgan fingerprint density at radius 2 is 1.94 bits per heavy atom. The Balaban J connectivity index is 1.21. The van der Waals surface area contributed by atoms with Gasteiger partial charge in [0.1, 0.15) is 11.3 Å². The second kappa shape index (κ2) is 9.47. The molecule has 4 rings (SSSR count). The van der Waals surface area contributed by atoms with Crippen LogP contribution in [0.3, 0.4) is 0 Å². The molecule has 1 fully saturated rings. The van der Waals surface area contributed by atoms with E-state index in [4.69, 9.17) is 4.42 Å². The Morgan fingerprint density at radius 1 is 1.16 bits per heavy atom. The molecule has 0 radical (unpaired) electrons. The van der Waals surface area contributed by atoms with Crippen LogP contribution in [0.2, 0.25) is 0 Å². The first-order valence-electron chi connectivity index (χ1n) is 10.9. The minimum atomic E-state index is -0.164. The quantitative estimate of drug-likeness (QED) is 0.580. The van der Waals surface area contributed by atoms with Gasteiger partial charge in [0.15, 0.2) is 11.5 Å². The van der Waals surface area contributed by atoms with Gasteiger partial charge in [0.25, 0.3) is 5.91 Å². The molecule has 1 aliphatic heterocycles. The maximum atomic E-state index is 14.0. The predicted molar refractivity (Wildman–Crippen MR) is 120 cm³/mol. The topological polar surface area (TPSA) is 61.6 Å². The smallest absolute Gasteiger partial charge is 0.251 e. The molecular formula is C24H29FN4O2. The lowest BCUT2D eigenvalue weighted by atomic mass is 10.2. The zero-order valence-corrected chi connectivity index (χ0v) is 18.1. The molecule has 1 aromatic heterocycles. The van der Waals surface area contributed by atoms with Crippen LogP contribution in [-0.4, -0.2) is 55.1 Å². The molecule has 2 heterocycles. The third-order valence-electron chi connectivity index (χ3n) is 5.66. The van der Waals surface area contributed by atoms with Gasteiger partial charge in [0, 0.05) is 44.2 Å². The van der Waals surface area contributed by atoms with E-state index in [-0.39, 0.29) is 17.6 Å². The third kappa shape index (κ3) is 5.05. The van der Waals surface area contributed by atoms with E-state index in [9.17, 15) is 9.18 Å². The number of halogens is 1. The number of hydrogen-bond acceptors (Lipinski definition) is 5. The second-order valence-corrected chi connectivity index (χ2v) is 8.28. The van der Waals surface area contributed by atoms with Crippen LogP contribution in [0, 0.1) is 5.82 Å². The van der Waals surface area contributed by atoms with Gasteiger partial charge >= 0.3 is 0 Å². The Hall–Kier alpha value is -2.93. The number of aromatic nitrogens is 1. The molecule has 0 unspecified atom stereocenters. The van der Waals surface area contributed by atoms with E-state index in [0.717, 1.165) is 44.7 Å². The molecular weight excluding hydrogens is 395 g/mol. The van der Waals surface area contributed by atoms with Gasteiger partial charge in [-0.1, -0.05) is 26.0 Å². The maximum Gasteiger partial charge on any atom is 0.251 e. The highest BCUT2D eigenvalue weighted by Crippen LogP contribution is 2.22. The Bertz CT molecular complexity index is 1040. The highest BCUT2D eigenvalue weighted by atomic mass is 19.1. The number of carbonyl (C=O) groups excluding carboxylic acids is 1. The lowest BCUT2D eigenvalue weighted by Gasteiger charge is -2.36. The van der Waals surface area contributed by atoms with E-state index >= 15 is 0 Å². The standard InChI is InChI=1S/C24H29FN4O2/c1-17(2)24-27-20-9-8-18(16-22(20)31-24)23(30)26-10-5-11-28-12-14-29(15-13-28)21-7-4-3-6-19(21)25/h3-4,6-9,16-17H,5,10-15H2,1-2H3,(H,26,30). The summed E-state index contributed by atoms with van der Waals surface area (Å²) in [5.74, 6) is 0.622. The monoisotopic (exact) mass is 424 g/mol. The summed E-state index contributed by atoms with van der Waals surface area (Å²) in [5, 5.41) is 2.99. The number of nitrogens with one attached hydrogen (secondary N) is 1. The number of hydrogen-bond donors (Lipinski definition) is 1. The van der Waals surface area contributed by atoms with Crippen LogP contribution in [0.25, 0.3) is 11.1 Å². The van der Waals surface area contributed by atoms with E-state index in [1.165, 1.54) is 6.07 Å². The molecule has 0 saturated carbocycles. The fraction of sp³-hybridized carbons (Fsp3) is 0.417. The molecule has 6 nitrogen and oxygen atoms in total. The van der Waals surface area contributed by atoms with Crippen LogP contribution in [0.5, 0.6) is 0 Å². The Morgan fingerprint density at radius 3 is 2.68 bits per heavy atom. The van der Waals surface area contributed by atoms with Crippen molar-refractivity contribution in [1.29, 1.82) is 0 Å². The Labute approximate surface area is 182 Å². The lowest BCUT2D eigenvalue weighted by Crippen LogP contribution is -2.47. The molecule has 164 valence electrons. The zero-order valence-electron chi connectivity index (χ0n) is 18.1. The van der Waals surface area contributed by atoms with Crippen molar-refractivity contribution in [3.63, 3.8) is 0 Å². The first-order valence-corrected chi connectivity index (χ1v) is 10.9. The van der Waals surface area contributed by atoms with Crippen molar-refractivity contribution in [2.75, 3.05) is 44.2 Å². The third-order valence-corrected chi connectivity index (χ3v) is 5.66. The van der Waals surface area contributed by atoms with E-state index in [0.29, 0.717) is 29.3 Å². The van der Waals surface area contributed by atoms with Crippen LogP contribution in [-0.2, 0) is 0 Å². The normalized spacial score (nSPS) is 15.0. The van der Waals surface area contributed by atoms with Gasteiger partial charge in [0.2, 0.25) is 0 Å². The van der Waals surface area contributed by atoms with Crippen molar-refractivity contribution >= 4 is 22.7 Å². The maximum absolute atomic E-state index is 14.0. The second-order valence-electron chi connectivity index (χ2n) is 8.28. The largest absolute Gasteiger partial charge is 0.440 e. The SMILES string of the molecule is CC(C)c1nc2ccc(C(=O)NCCCN3CCN(c4ccccc4F)CC3)cc2o1. The summed E-state index contributed by atoms with van der Waals surface area (Å²) in [6.07, 6.45) is 0.869. The van der Waals surface area contributed by atoms with Gasteiger partial charge in [-0.2, -0.15) is 0 Å². The molecule has 7 heteroatoms. The molecule has 2 aromatic carbocycles. The van der Waals surface area contributed by atoms with Gasteiger partial charge in [-0.25, -0.2) is 9.37 Å². The van der Waals surface area contributed by atoms with Crippen molar-refractivity contribution in [2.24, 2.45) is 0 Å². The average molecular weight is 425 g/mol. The minimum absolute atomic E-state index is 0.103. The summed E-state index contributed by atoms with van der Waals surface area (Å²) in [5.41, 5.74) is 2.68. The number of nitrogens with zero attached hydrogens (tertiary/aromatic N) is 3. The summed E-state index contributed by atoms with van der Waals surface area (Å²) < 4.78 is 19.7. The molecule has 1 amide bonds. The van der Waals surface area contributed by atoms with Crippen LogP contribution >= 0.6 is 0 Å². The van der Waals surface area contributed by atoms with Crippen LogP contribution in [0.4, 0.5) is 10.1 Å². The molecule has 0 atom stereocenters. The van der Waals surface area contributed by atoms with Crippen molar-refractivity contribution in [2.45, 2.75) is 26.2 Å². The molecule has 0 spiro atoms. The number of carbonyl (C=O) groups is 1. The minimum Gasteiger partial charge on any atom is -0.440 e. The van der Waals surface area contributed by atoms with Gasteiger partial charge < -0.3 is 14.6 Å². The van der Waals surface area contributed by atoms with E-state index < -0.39 is 0 Å². The number of fused-ring (bicyclic) bond motifs is 1. The number of rotatable bonds is 7. The fourth-order valence-electron chi connectivity index (χ4n) is 3.86. The molecule has 0 bridgehead atoms. The van der Waals surface area contributed by atoms with Crippen LogP contribution < -0.4 is 10.2 Å². The molecule has 31 heavy (non-hydrogen) atoms. The number of piperazine rings is 1. The van der Waals surface area contributed by atoms with Crippen molar-refractivity contribution in [1.82, 2.24) is 15.2 Å². The van der Waals surface area contributed by atoms with E-state index in [1.54, 1.807) is 18.2 Å².